The van der Waals surface area contributed by atoms with Crippen molar-refractivity contribution in [1.82, 2.24) is 10.2 Å². The van der Waals surface area contributed by atoms with E-state index in [1.165, 1.54) is 0 Å². The van der Waals surface area contributed by atoms with Gasteiger partial charge < -0.3 is 14.2 Å². The van der Waals surface area contributed by atoms with Crippen LogP contribution in [0.4, 0.5) is 0 Å². The lowest BCUT2D eigenvalue weighted by atomic mass is 10.2. The summed E-state index contributed by atoms with van der Waals surface area (Å²) in [5.41, 5.74) is 0. The van der Waals surface area contributed by atoms with Crippen molar-refractivity contribution in [3.63, 3.8) is 0 Å². The largest absolute Gasteiger partial charge is 0.469 e. The smallest absolute Gasteiger partial charge is 0.223 e. The molecule has 112 valence electrons. The number of likely N-dealkylation sites (N-methyl/N-ethyl adjacent to an activating group) is 1. The third-order valence-electron chi connectivity index (χ3n) is 4.00. The molecule has 3 rings (SSSR count). The van der Waals surface area contributed by atoms with Crippen LogP contribution in [0, 0.1) is 5.92 Å². The molecule has 5 heteroatoms. The van der Waals surface area contributed by atoms with Gasteiger partial charge in [-0.2, -0.15) is 0 Å². The van der Waals surface area contributed by atoms with Gasteiger partial charge in [-0.1, -0.05) is 0 Å². The van der Waals surface area contributed by atoms with E-state index in [9.17, 15) is 4.79 Å². The van der Waals surface area contributed by atoms with E-state index in [-0.39, 0.29) is 23.8 Å². The molecule has 0 saturated heterocycles. The Morgan fingerprint density at radius 1 is 1.33 bits per heavy atom. The van der Waals surface area contributed by atoms with Gasteiger partial charge in [-0.25, -0.2) is 0 Å². The Balaban J connectivity index is 1.54. The molecule has 1 aliphatic rings. The van der Waals surface area contributed by atoms with E-state index in [0.29, 0.717) is 6.54 Å². The quantitative estimate of drug-likeness (QED) is 0.886. The van der Waals surface area contributed by atoms with Gasteiger partial charge in [0.15, 0.2) is 0 Å². The highest BCUT2D eigenvalue weighted by Crippen LogP contribution is 2.47. The van der Waals surface area contributed by atoms with Crippen molar-refractivity contribution in [1.29, 1.82) is 0 Å². The molecule has 2 aromatic rings. The molecule has 1 fully saturated rings. The van der Waals surface area contributed by atoms with Crippen molar-refractivity contribution in [2.24, 2.45) is 5.92 Å². The first-order valence-electron chi connectivity index (χ1n) is 7.17. The zero-order chi connectivity index (χ0) is 14.8. The van der Waals surface area contributed by atoms with Gasteiger partial charge in [0, 0.05) is 18.4 Å². The number of carbonyl (C=O) groups excluding carboxylic acids is 1. The van der Waals surface area contributed by atoms with E-state index >= 15 is 0 Å². The SMILES string of the molecule is CN(C)C(CNC(=O)C1CC1c1ccco1)c1ccco1. The minimum Gasteiger partial charge on any atom is -0.469 e. The Morgan fingerprint density at radius 2 is 2.10 bits per heavy atom. The van der Waals surface area contributed by atoms with Crippen molar-refractivity contribution in [2.45, 2.75) is 18.4 Å². The second-order valence-corrected chi connectivity index (χ2v) is 5.70. The van der Waals surface area contributed by atoms with E-state index in [2.05, 4.69) is 5.32 Å². The Labute approximate surface area is 123 Å². The maximum absolute atomic E-state index is 12.2. The predicted octanol–water partition coefficient (Wildman–Crippen LogP) is 2.40. The Bertz CT molecular complexity index is 575. The van der Waals surface area contributed by atoms with Crippen LogP contribution in [0.1, 0.15) is 29.9 Å². The number of hydrogen-bond acceptors (Lipinski definition) is 4. The standard InChI is InChI=1S/C16H20N2O3/c1-18(2)13(15-6-4-8-21-15)10-17-16(19)12-9-11(12)14-5-3-7-20-14/h3-8,11-13H,9-10H2,1-2H3,(H,17,19). The summed E-state index contributed by atoms with van der Waals surface area (Å²) in [6.07, 6.45) is 4.18. The van der Waals surface area contributed by atoms with E-state index in [0.717, 1.165) is 17.9 Å². The van der Waals surface area contributed by atoms with Gasteiger partial charge in [0.2, 0.25) is 5.91 Å². The minimum atomic E-state index is 0.0376. The molecular weight excluding hydrogens is 268 g/mol. The highest BCUT2D eigenvalue weighted by atomic mass is 16.3. The summed E-state index contributed by atoms with van der Waals surface area (Å²) in [5.74, 6) is 2.14. The molecule has 0 bridgehead atoms. The van der Waals surface area contributed by atoms with Crippen LogP contribution in [0.3, 0.4) is 0 Å². The molecule has 3 atom stereocenters. The van der Waals surface area contributed by atoms with E-state index in [4.69, 9.17) is 8.83 Å². The van der Waals surface area contributed by atoms with E-state index in [1.54, 1.807) is 12.5 Å². The lowest BCUT2D eigenvalue weighted by molar-refractivity contribution is -0.122. The molecule has 1 N–H and O–H groups in total. The van der Waals surface area contributed by atoms with Crippen molar-refractivity contribution < 1.29 is 13.6 Å². The maximum Gasteiger partial charge on any atom is 0.223 e. The van der Waals surface area contributed by atoms with Gasteiger partial charge in [-0.15, -0.1) is 0 Å². The highest BCUT2D eigenvalue weighted by Gasteiger charge is 2.45. The second kappa shape index (κ2) is 5.77. The summed E-state index contributed by atoms with van der Waals surface area (Å²) in [6, 6.07) is 7.64. The highest BCUT2D eigenvalue weighted by molar-refractivity contribution is 5.82. The van der Waals surface area contributed by atoms with E-state index in [1.807, 2.05) is 43.3 Å². The summed E-state index contributed by atoms with van der Waals surface area (Å²) in [6.45, 7) is 0.542. The van der Waals surface area contributed by atoms with Gasteiger partial charge in [0.25, 0.3) is 0 Å². The third kappa shape index (κ3) is 3.03. The molecule has 3 unspecified atom stereocenters. The number of amides is 1. The predicted molar refractivity (Wildman–Crippen MR) is 77.7 cm³/mol. The molecule has 5 nitrogen and oxygen atoms in total. The van der Waals surface area contributed by atoms with Gasteiger partial charge >= 0.3 is 0 Å². The molecule has 1 amide bonds. The zero-order valence-corrected chi connectivity index (χ0v) is 12.3. The number of rotatable bonds is 6. The lowest BCUT2D eigenvalue weighted by Gasteiger charge is -2.22. The van der Waals surface area contributed by atoms with Gasteiger partial charge in [-0.05, 0) is 44.8 Å². The summed E-state index contributed by atoms with van der Waals surface area (Å²) < 4.78 is 10.8. The van der Waals surface area contributed by atoms with Crippen LogP contribution in [0.2, 0.25) is 0 Å². The first-order valence-corrected chi connectivity index (χ1v) is 7.17. The Hall–Kier alpha value is -2.01. The van der Waals surface area contributed by atoms with Gasteiger partial charge in [0.1, 0.15) is 11.5 Å². The maximum atomic E-state index is 12.2. The topological polar surface area (TPSA) is 58.6 Å². The van der Waals surface area contributed by atoms with Crippen molar-refractivity contribution in [3.05, 3.63) is 48.3 Å². The number of furan rings is 2. The average Bonchev–Trinajstić information content (AvgIpc) is 2.90. The van der Waals surface area contributed by atoms with Crippen LogP contribution in [-0.2, 0) is 4.79 Å². The fourth-order valence-electron chi connectivity index (χ4n) is 2.65. The molecule has 0 aliphatic heterocycles. The summed E-state index contributed by atoms with van der Waals surface area (Å²) >= 11 is 0. The van der Waals surface area contributed by atoms with Crippen LogP contribution in [0.25, 0.3) is 0 Å². The van der Waals surface area contributed by atoms with Gasteiger partial charge in [0.05, 0.1) is 18.6 Å². The normalized spacial score (nSPS) is 22.2. The fourth-order valence-corrected chi connectivity index (χ4v) is 2.65. The second-order valence-electron chi connectivity index (χ2n) is 5.70. The zero-order valence-electron chi connectivity index (χ0n) is 12.3. The summed E-state index contributed by atoms with van der Waals surface area (Å²) in [7, 11) is 3.95. The first-order chi connectivity index (χ1) is 10.2. The van der Waals surface area contributed by atoms with Crippen LogP contribution < -0.4 is 5.32 Å². The number of nitrogens with zero attached hydrogens (tertiary/aromatic N) is 1. The summed E-state index contributed by atoms with van der Waals surface area (Å²) in [5, 5.41) is 3.02. The van der Waals surface area contributed by atoms with Crippen molar-refractivity contribution in [3.8, 4) is 0 Å². The minimum absolute atomic E-state index is 0.0376. The summed E-state index contributed by atoms with van der Waals surface area (Å²) in [4.78, 5) is 14.2. The van der Waals surface area contributed by atoms with Crippen molar-refractivity contribution in [2.75, 3.05) is 20.6 Å². The number of hydrogen-bond donors (Lipinski definition) is 1. The third-order valence-corrected chi connectivity index (χ3v) is 4.00. The molecule has 2 heterocycles. The monoisotopic (exact) mass is 288 g/mol. The molecule has 1 saturated carbocycles. The van der Waals surface area contributed by atoms with Crippen LogP contribution >= 0.6 is 0 Å². The lowest BCUT2D eigenvalue weighted by Crippen LogP contribution is -2.35. The fraction of sp³-hybridized carbons (Fsp3) is 0.438. The first kappa shape index (κ1) is 13.9. The molecule has 21 heavy (non-hydrogen) atoms. The van der Waals surface area contributed by atoms with Crippen LogP contribution in [0.5, 0.6) is 0 Å². The van der Waals surface area contributed by atoms with Crippen molar-refractivity contribution >= 4 is 5.91 Å². The molecule has 1 aliphatic carbocycles. The molecule has 0 aromatic carbocycles. The molecule has 0 radical (unpaired) electrons. The molecule has 2 aromatic heterocycles. The molecule has 0 spiro atoms. The van der Waals surface area contributed by atoms with Gasteiger partial charge in [-0.3, -0.25) is 9.69 Å². The Morgan fingerprint density at radius 3 is 2.71 bits per heavy atom. The number of carbonyl (C=O) groups is 1. The number of nitrogens with one attached hydrogen (secondary N) is 1. The Kier molecular flexibility index (Phi) is 3.84. The van der Waals surface area contributed by atoms with Crippen LogP contribution in [0.15, 0.2) is 45.6 Å². The van der Waals surface area contributed by atoms with Crippen LogP contribution in [-0.4, -0.2) is 31.4 Å². The average molecular weight is 288 g/mol. The molecular formula is C16H20N2O3. The van der Waals surface area contributed by atoms with E-state index < -0.39 is 0 Å².